The van der Waals surface area contributed by atoms with Gasteiger partial charge in [-0.3, -0.25) is 4.79 Å². The van der Waals surface area contributed by atoms with E-state index in [1.807, 2.05) is 0 Å². The number of amides is 1. The molecule has 0 atom stereocenters. The molecule has 0 radical (unpaired) electrons. The smallest absolute Gasteiger partial charge is 0.321 e. The molecule has 1 heterocycles. The van der Waals surface area contributed by atoms with Gasteiger partial charge in [-0.25, -0.2) is 4.98 Å². The summed E-state index contributed by atoms with van der Waals surface area (Å²) in [6, 6.07) is 2.84. The summed E-state index contributed by atoms with van der Waals surface area (Å²) < 4.78 is 37.7. The fraction of sp³-hybridized carbons (Fsp3) is 0.0909. The second kappa shape index (κ2) is 5.18. The summed E-state index contributed by atoms with van der Waals surface area (Å²) in [5.41, 5.74) is 0.638. The van der Waals surface area contributed by atoms with Crippen molar-refractivity contribution in [1.29, 1.82) is 0 Å². The number of aromatic nitrogens is 1. The number of rotatable bonds is 2. The first kappa shape index (κ1) is 13.8. The summed E-state index contributed by atoms with van der Waals surface area (Å²) in [6.07, 6.45) is -4.52. The number of thiazole rings is 1. The number of anilines is 1. The first-order chi connectivity index (χ1) is 8.86. The van der Waals surface area contributed by atoms with Crippen molar-refractivity contribution in [2.24, 2.45) is 0 Å². The highest BCUT2D eigenvalue weighted by Crippen LogP contribution is 2.33. The van der Waals surface area contributed by atoms with Crippen LogP contribution >= 0.6 is 22.9 Å². The Hall–Kier alpha value is -1.60. The Balaban J connectivity index is 2.26. The first-order valence-electron chi connectivity index (χ1n) is 4.93. The molecular formula is C11H6ClF3N2OS. The third-order valence-electron chi connectivity index (χ3n) is 2.15. The van der Waals surface area contributed by atoms with E-state index in [0.29, 0.717) is 0 Å². The van der Waals surface area contributed by atoms with Gasteiger partial charge in [-0.1, -0.05) is 11.6 Å². The van der Waals surface area contributed by atoms with Crippen molar-refractivity contribution in [3.05, 3.63) is 45.4 Å². The molecule has 19 heavy (non-hydrogen) atoms. The van der Waals surface area contributed by atoms with Crippen LogP contribution in [0, 0.1) is 0 Å². The van der Waals surface area contributed by atoms with Gasteiger partial charge in [-0.05, 0) is 18.2 Å². The maximum absolute atomic E-state index is 12.6. The number of nitrogens with one attached hydrogen (secondary N) is 1. The molecular weight excluding hydrogens is 301 g/mol. The number of hydrogen-bond donors (Lipinski definition) is 1. The van der Waals surface area contributed by atoms with Gasteiger partial charge in [0.1, 0.15) is 5.69 Å². The monoisotopic (exact) mass is 306 g/mol. The van der Waals surface area contributed by atoms with Crippen LogP contribution in [0.4, 0.5) is 18.9 Å². The number of nitrogens with zero attached hydrogens (tertiary/aromatic N) is 1. The number of carbonyl (C=O) groups is 1. The van der Waals surface area contributed by atoms with Gasteiger partial charge in [0, 0.05) is 16.1 Å². The molecule has 3 nitrogen and oxygen atoms in total. The van der Waals surface area contributed by atoms with Crippen LogP contribution in [0.3, 0.4) is 0 Å². The summed E-state index contributed by atoms with van der Waals surface area (Å²) >= 11 is 6.81. The second-order valence-electron chi connectivity index (χ2n) is 3.55. The molecule has 8 heteroatoms. The highest BCUT2D eigenvalue weighted by Gasteiger charge is 2.31. The van der Waals surface area contributed by atoms with Crippen molar-refractivity contribution >= 4 is 34.5 Å². The largest absolute Gasteiger partial charge is 0.416 e. The molecule has 1 aromatic heterocycles. The van der Waals surface area contributed by atoms with E-state index in [0.717, 1.165) is 12.1 Å². The number of hydrogen-bond acceptors (Lipinski definition) is 3. The molecule has 0 fully saturated rings. The van der Waals surface area contributed by atoms with Crippen molar-refractivity contribution in [2.45, 2.75) is 6.18 Å². The van der Waals surface area contributed by atoms with Crippen molar-refractivity contribution < 1.29 is 18.0 Å². The zero-order valence-corrected chi connectivity index (χ0v) is 10.7. The van der Waals surface area contributed by atoms with Crippen LogP contribution in [-0.2, 0) is 6.18 Å². The van der Waals surface area contributed by atoms with Crippen LogP contribution in [0.5, 0.6) is 0 Å². The lowest BCUT2D eigenvalue weighted by Gasteiger charge is -2.10. The standard InChI is InChI=1S/C11H6ClF3N2OS/c12-7-1-6(11(13,14)15)2-8(3-7)17-10(18)9-4-19-5-16-9/h1-5H,(H,17,18). The molecule has 0 bridgehead atoms. The van der Waals surface area contributed by atoms with E-state index < -0.39 is 17.6 Å². The lowest BCUT2D eigenvalue weighted by Crippen LogP contribution is -2.13. The lowest BCUT2D eigenvalue weighted by molar-refractivity contribution is -0.137. The summed E-state index contributed by atoms with van der Waals surface area (Å²) in [5.74, 6) is -0.586. The average molecular weight is 307 g/mol. The van der Waals surface area contributed by atoms with E-state index in [1.165, 1.54) is 28.3 Å². The third kappa shape index (κ3) is 3.45. The molecule has 0 saturated carbocycles. The van der Waals surface area contributed by atoms with E-state index in [-0.39, 0.29) is 16.4 Å². The lowest BCUT2D eigenvalue weighted by atomic mass is 10.2. The van der Waals surface area contributed by atoms with Crippen molar-refractivity contribution in [1.82, 2.24) is 4.98 Å². The molecule has 100 valence electrons. The SMILES string of the molecule is O=C(Nc1cc(Cl)cc(C(F)(F)F)c1)c1cscn1. The molecule has 1 amide bonds. The van der Waals surface area contributed by atoms with Gasteiger partial charge in [0.25, 0.3) is 5.91 Å². The fourth-order valence-corrected chi connectivity index (χ4v) is 2.11. The molecule has 0 spiro atoms. The van der Waals surface area contributed by atoms with Crippen LogP contribution in [0.1, 0.15) is 16.1 Å². The van der Waals surface area contributed by atoms with Crippen LogP contribution < -0.4 is 5.32 Å². The molecule has 1 aromatic carbocycles. The Morgan fingerprint density at radius 1 is 1.32 bits per heavy atom. The number of benzene rings is 1. The van der Waals surface area contributed by atoms with Crippen molar-refractivity contribution in [2.75, 3.05) is 5.32 Å². The fourth-order valence-electron chi connectivity index (χ4n) is 1.35. The van der Waals surface area contributed by atoms with Gasteiger partial charge in [0.05, 0.1) is 11.1 Å². The second-order valence-corrected chi connectivity index (χ2v) is 4.71. The van der Waals surface area contributed by atoms with E-state index in [1.54, 1.807) is 0 Å². The molecule has 1 N–H and O–H groups in total. The summed E-state index contributed by atoms with van der Waals surface area (Å²) in [4.78, 5) is 15.4. The Kier molecular flexibility index (Phi) is 3.77. The summed E-state index contributed by atoms with van der Waals surface area (Å²) in [7, 11) is 0. The van der Waals surface area contributed by atoms with E-state index >= 15 is 0 Å². The minimum absolute atomic E-state index is 0.0298. The summed E-state index contributed by atoms with van der Waals surface area (Å²) in [6.45, 7) is 0. The quantitative estimate of drug-likeness (QED) is 0.909. The molecule has 0 aliphatic rings. The van der Waals surface area contributed by atoms with Crippen LogP contribution in [0.2, 0.25) is 5.02 Å². The zero-order valence-electron chi connectivity index (χ0n) is 9.16. The number of carbonyl (C=O) groups excluding carboxylic acids is 1. The minimum Gasteiger partial charge on any atom is -0.321 e. The highest BCUT2D eigenvalue weighted by atomic mass is 35.5. The Bertz CT molecular complexity index is 598. The normalized spacial score (nSPS) is 11.4. The van der Waals surface area contributed by atoms with Gasteiger partial charge >= 0.3 is 6.18 Å². The molecule has 0 unspecified atom stereocenters. The predicted molar refractivity (Wildman–Crippen MR) is 66.5 cm³/mol. The Labute approximate surface area is 115 Å². The Morgan fingerprint density at radius 2 is 2.05 bits per heavy atom. The molecule has 2 aromatic rings. The van der Waals surface area contributed by atoms with E-state index in [2.05, 4.69) is 10.3 Å². The third-order valence-corrected chi connectivity index (χ3v) is 2.95. The summed E-state index contributed by atoms with van der Waals surface area (Å²) in [5, 5.41) is 3.70. The minimum atomic E-state index is -4.52. The molecule has 0 aliphatic carbocycles. The zero-order chi connectivity index (χ0) is 14.0. The topological polar surface area (TPSA) is 42.0 Å². The van der Waals surface area contributed by atoms with Crippen LogP contribution in [-0.4, -0.2) is 10.9 Å². The molecule has 0 saturated heterocycles. The van der Waals surface area contributed by atoms with Gasteiger partial charge in [0.15, 0.2) is 0 Å². The Morgan fingerprint density at radius 3 is 2.63 bits per heavy atom. The number of halogens is 4. The van der Waals surface area contributed by atoms with Crippen LogP contribution in [0.15, 0.2) is 29.1 Å². The van der Waals surface area contributed by atoms with Crippen molar-refractivity contribution in [3.8, 4) is 0 Å². The van der Waals surface area contributed by atoms with E-state index in [4.69, 9.17) is 11.6 Å². The van der Waals surface area contributed by atoms with Gasteiger partial charge in [-0.2, -0.15) is 13.2 Å². The molecule has 0 aliphatic heterocycles. The van der Waals surface area contributed by atoms with E-state index in [9.17, 15) is 18.0 Å². The molecule has 2 rings (SSSR count). The van der Waals surface area contributed by atoms with Crippen molar-refractivity contribution in [3.63, 3.8) is 0 Å². The van der Waals surface area contributed by atoms with Gasteiger partial charge < -0.3 is 5.32 Å². The van der Waals surface area contributed by atoms with Gasteiger partial charge in [-0.15, -0.1) is 11.3 Å². The predicted octanol–water partition coefficient (Wildman–Crippen LogP) is 4.07. The highest BCUT2D eigenvalue weighted by molar-refractivity contribution is 7.07. The first-order valence-corrected chi connectivity index (χ1v) is 6.25. The van der Waals surface area contributed by atoms with Crippen LogP contribution in [0.25, 0.3) is 0 Å². The van der Waals surface area contributed by atoms with Gasteiger partial charge in [0.2, 0.25) is 0 Å². The number of alkyl halides is 3. The maximum Gasteiger partial charge on any atom is 0.416 e. The average Bonchev–Trinajstić information content (AvgIpc) is 2.80. The maximum atomic E-state index is 12.6.